The van der Waals surface area contributed by atoms with Crippen LogP contribution in [0, 0.1) is 5.92 Å². The molecule has 7 nitrogen and oxygen atoms in total. The summed E-state index contributed by atoms with van der Waals surface area (Å²) in [6, 6.07) is 15.9. The van der Waals surface area contributed by atoms with E-state index in [0.717, 1.165) is 17.5 Å². The number of carbonyl (C=O) groups excluding carboxylic acids is 2. The minimum absolute atomic E-state index is 0.0771. The highest BCUT2D eigenvalue weighted by Crippen LogP contribution is 2.22. The zero-order valence-electron chi connectivity index (χ0n) is 17.0. The molecule has 0 fully saturated rings. The standard InChI is InChI=1S/C23H25N3O4/c1-3-16(2)21(26-23(28)29-14-17-8-5-4-6-9-17)22(27)25-19-11-7-10-18(12-19)20-13-24-15-30-20/h4-13,15-16,21H,3,14H2,1-2H3,(H,25,27)(H,26,28)/t16-,21-/m0/s1. The summed E-state index contributed by atoms with van der Waals surface area (Å²) in [6.45, 7) is 4.01. The monoisotopic (exact) mass is 407 g/mol. The van der Waals surface area contributed by atoms with Gasteiger partial charge in [0.25, 0.3) is 0 Å². The van der Waals surface area contributed by atoms with Gasteiger partial charge in [-0.05, 0) is 23.6 Å². The number of hydrogen-bond donors (Lipinski definition) is 2. The molecule has 2 atom stereocenters. The first-order chi connectivity index (χ1) is 14.6. The number of aromatic nitrogens is 1. The number of amides is 2. The van der Waals surface area contributed by atoms with Gasteiger partial charge in [-0.25, -0.2) is 9.78 Å². The number of nitrogens with one attached hydrogen (secondary N) is 2. The average Bonchev–Trinajstić information content (AvgIpc) is 3.31. The molecule has 3 rings (SSSR count). The number of hydrogen-bond acceptors (Lipinski definition) is 5. The maximum atomic E-state index is 12.9. The Labute approximate surface area is 175 Å². The summed E-state index contributed by atoms with van der Waals surface area (Å²) >= 11 is 0. The molecule has 1 heterocycles. The molecule has 3 aromatic rings. The minimum Gasteiger partial charge on any atom is -0.445 e. The zero-order valence-corrected chi connectivity index (χ0v) is 17.0. The van der Waals surface area contributed by atoms with Crippen LogP contribution in [0.2, 0.25) is 0 Å². The number of benzene rings is 2. The van der Waals surface area contributed by atoms with Crippen molar-refractivity contribution < 1.29 is 18.7 Å². The number of alkyl carbamates (subject to hydrolysis) is 1. The molecule has 0 radical (unpaired) electrons. The first kappa shape index (κ1) is 21.1. The first-order valence-corrected chi connectivity index (χ1v) is 9.83. The lowest BCUT2D eigenvalue weighted by atomic mass is 9.98. The van der Waals surface area contributed by atoms with E-state index < -0.39 is 12.1 Å². The Kier molecular flexibility index (Phi) is 7.21. The van der Waals surface area contributed by atoms with Gasteiger partial charge in [0.15, 0.2) is 12.2 Å². The van der Waals surface area contributed by atoms with Gasteiger partial charge in [-0.3, -0.25) is 4.79 Å². The number of nitrogens with zero attached hydrogens (tertiary/aromatic N) is 1. The van der Waals surface area contributed by atoms with Crippen LogP contribution in [0.15, 0.2) is 71.6 Å². The van der Waals surface area contributed by atoms with Crippen LogP contribution >= 0.6 is 0 Å². The van der Waals surface area contributed by atoms with Gasteiger partial charge < -0.3 is 19.8 Å². The first-order valence-electron chi connectivity index (χ1n) is 9.83. The van der Waals surface area contributed by atoms with Gasteiger partial charge >= 0.3 is 6.09 Å². The molecule has 0 aliphatic heterocycles. The Balaban J connectivity index is 1.64. The van der Waals surface area contributed by atoms with E-state index in [1.54, 1.807) is 18.3 Å². The lowest BCUT2D eigenvalue weighted by Gasteiger charge is -2.23. The van der Waals surface area contributed by atoms with Crippen LogP contribution in [0.25, 0.3) is 11.3 Å². The van der Waals surface area contributed by atoms with E-state index in [9.17, 15) is 9.59 Å². The number of carbonyl (C=O) groups is 2. The van der Waals surface area contributed by atoms with Crippen molar-refractivity contribution in [2.45, 2.75) is 32.9 Å². The maximum absolute atomic E-state index is 12.9. The van der Waals surface area contributed by atoms with Crippen LogP contribution in [-0.4, -0.2) is 23.0 Å². The van der Waals surface area contributed by atoms with Crippen molar-refractivity contribution >= 4 is 17.7 Å². The van der Waals surface area contributed by atoms with Gasteiger partial charge in [0.1, 0.15) is 12.6 Å². The van der Waals surface area contributed by atoms with E-state index in [1.165, 1.54) is 6.39 Å². The average molecular weight is 407 g/mol. The van der Waals surface area contributed by atoms with Gasteiger partial charge in [-0.1, -0.05) is 62.7 Å². The fourth-order valence-corrected chi connectivity index (χ4v) is 2.92. The van der Waals surface area contributed by atoms with E-state index in [2.05, 4.69) is 15.6 Å². The summed E-state index contributed by atoms with van der Waals surface area (Å²) in [5.41, 5.74) is 2.27. The second-order valence-corrected chi connectivity index (χ2v) is 7.01. The van der Waals surface area contributed by atoms with E-state index in [-0.39, 0.29) is 18.4 Å². The molecule has 0 aliphatic carbocycles. The molecule has 0 saturated carbocycles. The molecule has 1 aromatic heterocycles. The summed E-state index contributed by atoms with van der Waals surface area (Å²) in [5, 5.41) is 5.57. The van der Waals surface area contributed by atoms with Crippen molar-refractivity contribution in [1.29, 1.82) is 0 Å². The van der Waals surface area contributed by atoms with Gasteiger partial charge in [0.05, 0.1) is 6.20 Å². The summed E-state index contributed by atoms with van der Waals surface area (Å²) < 4.78 is 10.6. The van der Waals surface area contributed by atoms with Crippen LogP contribution in [0.5, 0.6) is 0 Å². The quantitative estimate of drug-likeness (QED) is 0.568. The number of rotatable bonds is 8. The Morgan fingerprint density at radius 2 is 1.93 bits per heavy atom. The topological polar surface area (TPSA) is 93.5 Å². The number of ether oxygens (including phenoxy) is 1. The highest BCUT2D eigenvalue weighted by molar-refractivity contribution is 5.97. The highest BCUT2D eigenvalue weighted by atomic mass is 16.5. The summed E-state index contributed by atoms with van der Waals surface area (Å²) in [5.74, 6) is 0.217. The molecule has 0 saturated heterocycles. The van der Waals surface area contributed by atoms with Crippen LogP contribution in [0.4, 0.5) is 10.5 Å². The molecule has 0 unspecified atom stereocenters. The molecule has 2 amide bonds. The molecule has 0 spiro atoms. The molecule has 7 heteroatoms. The molecule has 2 aromatic carbocycles. The molecule has 2 N–H and O–H groups in total. The SMILES string of the molecule is CC[C@H](C)[C@H](NC(=O)OCc1ccccc1)C(=O)Nc1cccc(-c2cnco2)c1. The smallest absolute Gasteiger partial charge is 0.408 e. The van der Waals surface area contributed by atoms with Crippen molar-refractivity contribution in [3.63, 3.8) is 0 Å². The third kappa shape index (κ3) is 5.70. The second-order valence-electron chi connectivity index (χ2n) is 7.01. The van der Waals surface area contributed by atoms with Crippen LogP contribution in [0.3, 0.4) is 0 Å². The fraction of sp³-hybridized carbons (Fsp3) is 0.261. The third-order valence-corrected chi connectivity index (χ3v) is 4.83. The van der Waals surface area contributed by atoms with Crippen molar-refractivity contribution in [3.8, 4) is 11.3 Å². The molecule has 0 aliphatic rings. The largest absolute Gasteiger partial charge is 0.445 e. The van der Waals surface area contributed by atoms with E-state index in [0.29, 0.717) is 11.4 Å². The van der Waals surface area contributed by atoms with Gasteiger partial charge in [-0.2, -0.15) is 0 Å². The fourth-order valence-electron chi connectivity index (χ4n) is 2.92. The van der Waals surface area contributed by atoms with Crippen LogP contribution in [-0.2, 0) is 16.1 Å². The van der Waals surface area contributed by atoms with Crippen LogP contribution < -0.4 is 10.6 Å². The van der Waals surface area contributed by atoms with Crippen molar-refractivity contribution in [2.24, 2.45) is 5.92 Å². The van der Waals surface area contributed by atoms with Gasteiger partial charge in [0.2, 0.25) is 5.91 Å². The van der Waals surface area contributed by atoms with E-state index in [1.807, 2.05) is 56.3 Å². The Morgan fingerprint density at radius 3 is 2.63 bits per heavy atom. The minimum atomic E-state index is -0.729. The van der Waals surface area contributed by atoms with E-state index in [4.69, 9.17) is 9.15 Å². The summed E-state index contributed by atoms with van der Waals surface area (Å²) in [6.07, 6.45) is 3.04. The predicted molar refractivity (Wildman–Crippen MR) is 114 cm³/mol. The van der Waals surface area contributed by atoms with Gasteiger partial charge in [-0.15, -0.1) is 0 Å². The van der Waals surface area contributed by atoms with Crippen molar-refractivity contribution in [1.82, 2.24) is 10.3 Å². The highest BCUT2D eigenvalue weighted by Gasteiger charge is 2.26. The molecule has 30 heavy (non-hydrogen) atoms. The Bertz CT molecular complexity index is 958. The molecule has 156 valence electrons. The molecular formula is C23H25N3O4. The predicted octanol–water partition coefficient (Wildman–Crippen LogP) is 4.62. The van der Waals surface area contributed by atoms with Crippen molar-refractivity contribution in [2.75, 3.05) is 5.32 Å². The van der Waals surface area contributed by atoms with E-state index >= 15 is 0 Å². The van der Waals surface area contributed by atoms with Gasteiger partial charge in [0, 0.05) is 11.3 Å². The number of anilines is 1. The normalized spacial score (nSPS) is 12.6. The summed E-state index contributed by atoms with van der Waals surface area (Å²) in [7, 11) is 0. The molecular weight excluding hydrogens is 382 g/mol. The summed E-state index contributed by atoms with van der Waals surface area (Å²) in [4.78, 5) is 29.1. The lowest BCUT2D eigenvalue weighted by molar-refractivity contribution is -0.119. The lowest BCUT2D eigenvalue weighted by Crippen LogP contribution is -2.47. The van der Waals surface area contributed by atoms with Crippen molar-refractivity contribution in [3.05, 3.63) is 72.8 Å². The maximum Gasteiger partial charge on any atom is 0.408 e. The second kappa shape index (κ2) is 10.2. The third-order valence-electron chi connectivity index (χ3n) is 4.83. The zero-order chi connectivity index (χ0) is 21.3. The number of oxazole rings is 1. The Hall–Kier alpha value is -3.61. The van der Waals surface area contributed by atoms with Crippen LogP contribution in [0.1, 0.15) is 25.8 Å². The Morgan fingerprint density at radius 1 is 1.13 bits per heavy atom. The molecule has 0 bridgehead atoms.